The van der Waals surface area contributed by atoms with Gasteiger partial charge >= 0.3 is 0 Å². The van der Waals surface area contributed by atoms with Crippen molar-refractivity contribution in [2.24, 2.45) is 5.73 Å². The fourth-order valence-corrected chi connectivity index (χ4v) is 1.74. The van der Waals surface area contributed by atoms with Gasteiger partial charge < -0.3 is 10.5 Å². The van der Waals surface area contributed by atoms with Crippen LogP contribution in [0.3, 0.4) is 0 Å². The Balaban J connectivity index is 2.30. The summed E-state index contributed by atoms with van der Waals surface area (Å²) in [7, 11) is 0. The number of nitro groups is 1. The first-order valence-electron chi connectivity index (χ1n) is 5.88. The van der Waals surface area contributed by atoms with Crippen LogP contribution in [-0.4, -0.2) is 18.1 Å². The number of nitrogens with zero attached hydrogens (tertiary/aromatic N) is 1. The number of hydrogen-bond acceptors (Lipinski definition) is 4. The van der Waals surface area contributed by atoms with Crippen molar-refractivity contribution in [3.63, 3.8) is 0 Å². The molecule has 5 nitrogen and oxygen atoms in total. The van der Waals surface area contributed by atoms with Gasteiger partial charge in [-0.2, -0.15) is 0 Å². The number of hydrogen-bond donors (Lipinski definition) is 1. The minimum Gasteiger partial charge on any atom is -0.492 e. The van der Waals surface area contributed by atoms with Crippen molar-refractivity contribution in [2.45, 2.75) is 0 Å². The summed E-state index contributed by atoms with van der Waals surface area (Å²) in [6, 6.07) is 13.9. The van der Waals surface area contributed by atoms with E-state index >= 15 is 0 Å². The molecule has 2 aromatic rings. The second-order valence-electron chi connectivity index (χ2n) is 3.97. The van der Waals surface area contributed by atoms with Gasteiger partial charge in [0.1, 0.15) is 12.4 Å². The monoisotopic (exact) mass is 258 g/mol. The molecule has 0 radical (unpaired) electrons. The highest BCUT2D eigenvalue weighted by molar-refractivity contribution is 5.67. The van der Waals surface area contributed by atoms with Gasteiger partial charge in [0.05, 0.1) is 4.92 Å². The Kier molecular flexibility index (Phi) is 4.10. The van der Waals surface area contributed by atoms with Gasteiger partial charge in [-0.15, -0.1) is 0 Å². The Morgan fingerprint density at radius 3 is 2.47 bits per heavy atom. The van der Waals surface area contributed by atoms with Crippen LogP contribution >= 0.6 is 0 Å². The molecule has 0 bridgehead atoms. The van der Waals surface area contributed by atoms with Crippen molar-refractivity contribution in [1.82, 2.24) is 0 Å². The van der Waals surface area contributed by atoms with Crippen molar-refractivity contribution >= 4 is 5.69 Å². The van der Waals surface area contributed by atoms with Gasteiger partial charge in [0, 0.05) is 18.7 Å². The first kappa shape index (κ1) is 13.0. The van der Waals surface area contributed by atoms with E-state index in [2.05, 4.69) is 0 Å². The molecule has 2 aromatic carbocycles. The molecule has 0 saturated carbocycles. The first-order valence-corrected chi connectivity index (χ1v) is 5.88. The van der Waals surface area contributed by atoms with Crippen LogP contribution in [0.1, 0.15) is 0 Å². The number of rotatable bonds is 5. The van der Waals surface area contributed by atoms with E-state index < -0.39 is 4.92 Å². The lowest BCUT2D eigenvalue weighted by Crippen LogP contribution is -2.10. The standard InChI is InChI=1S/C14H14N2O3/c15-7-8-19-14-6-2-4-12(10-14)11-3-1-5-13(9-11)16(17)18/h1-6,9-10H,7-8,15H2. The average Bonchev–Trinajstić information content (AvgIpc) is 2.45. The molecule has 0 saturated heterocycles. The van der Waals surface area contributed by atoms with Gasteiger partial charge in [-0.1, -0.05) is 24.3 Å². The van der Waals surface area contributed by atoms with E-state index in [0.717, 1.165) is 11.1 Å². The van der Waals surface area contributed by atoms with Crippen LogP contribution in [0.4, 0.5) is 5.69 Å². The molecular formula is C14H14N2O3. The normalized spacial score (nSPS) is 10.2. The SMILES string of the molecule is NCCOc1cccc(-c2cccc([N+](=O)[O-])c2)c1. The van der Waals surface area contributed by atoms with E-state index in [0.29, 0.717) is 18.9 Å². The summed E-state index contributed by atoms with van der Waals surface area (Å²) < 4.78 is 5.44. The highest BCUT2D eigenvalue weighted by atomic mass is 16.6. The van der Waals surface area contributed by atoms with Gasteiger partial charge in [-0.05, 0) is 23.3 Å². The molecule has 0 heterocycles. The Labute approximate surface area is 110 Å². The molecule has 0 aliphatic heterocycles. The summed E-state index contributed by atoms with van der Waals surface area (Å²) in [6.45, 7) is 0.888. The third-order valence-corrected chi connectivity index (χ3v) is 2.61. The van der Waals surface area contributed by atoms with Crippen molar-refractivity contribution in [3.05, 3.63) is 58.6 Å². The van der Waals surface area contributed by atoms with Gasteiger partial charge in [-0.25, -0.2) is 0 Å². The third-order valence-electron chi connectivity index (χ3n) is 2.61. The Hall–Kier alpha value is -2.40. The fourth-order valence-electron chi connectivity index (χ4n) is 1.74. The zero-order chi connectivity index (χ0) is 13.7. The lowest BCUT2D eigenvalue weighted by Gasteiger charge is -2.07. The molecule has 2 N–H and O–H groups in total. The highest BCUT2D eigenvalue weighted by Gasteiger charge is 2.07. The molecule has 0 aliphatic carbocycles. The molecular weight excluding hydrogens is 244 g/mol. The molecule has 5 heteroatoms. The summed E-state index contributed by atoms with van der Waals surface area (Å²) in [6.07, 6.45) is 0. The van der Waals surface area contributed by atoms with Crippen LogP contribution in [-0.2, 0) is 0 Å². The van der Waals surface area contributed by atoms with Crippen molar-refractivity contribution in [2.75, 3.05) is 13.2 Å². The van der Waals surface area contributed by atoms with Crippen LogP contribution in [0, 0.1) is 10.1 Å². The largest absolute Gasteiger partial charge is 0.492 e. The molecule has 0 fully saturated rings. The maximum atomic E-state index is 10.8. The van der Waals surface area contributed by atoms with Crippen LogP contribution in [0.25, 0.3) is 11.1 Å². The molecule has 98 valence electrons. The van der Waals surface area contributed by atoms with Crippen molar-refractivity contribution in [3.8, 4) is 16.9 Å². The molecule has 0 unspecified atom stereocenters. The summed E-state index contributed by atoms with van der Waals surface area (Å²) in [5.41, 5.74) is 7.11. The Morgan fingerprint density at radius 2 is 1.79 bits per heavy atom. The van der Waals surface area contributed by atoms with Gasteiger partial charge in [0.25, 0.3) is 5.69 Å². The van der Waals surface area contributed by atoms with Crippen LogP contribution < -0.4 is 10.5 Å². The summed E-state index contributed by atoms with van der Waals surface area (Å²) in [5, 5.41) is 10.8. The van der Waals surface area contributed by atoms with E-state index in [1.165, 1.54) is 6.07 Å². The van der Waals surface area contributed by atoms with Crippen molar-refractivity contribution < 1.29 is 9.66 Å². The molecule has 0 aromatic heterocycles. The van der Waals surface area contributed by atoms with Gasteiger partial charge in [0.2, 0.25) is 0 Å². The van der Waals surface area contributed by atoms with Gasteiger partial charge in [-0.3, -0.25) is 10.1 Å². The second-order valence-corrected chi connectivity index (χ2v) is 3.97. The number of non-ortho nitro benzene ring substituents is 1. The number of nitro benzene ring substituents is 1. The topological polar surface area (TPSA) is 78.4 Å². The predicted octanol–water partition coefficient (Wildman–Crippen LogP) is 2.60. The summed E-state index contributed by atoms with van der Waals surface area (Å²) in [5.74, 6) is 0.703. The van der Waals surface area contributed by atoms with E-state index in [1.54, 1.807) is 12.1 Å². The maximum Gasteiger partial charge on any atom is 0.270 e. The first-order chi connectivity index (χ1) is 9.20. The number of ether oxygens (including phenoxy) is 1. The van der Waals surface area contributed by atoms with E-state index in [1.807, 2.05) is 30.3 Å². The smallest absolute Gasteiger partial charge is 0.270 e. The van der Waals surface area contributed by atoms with Crippen LogP contribution in [0.2, 0.25) is 0 Å². The minimum absolute atomic E-state index is 0.0748. The predicted molar refractivity (Wildman–Crippen MR) is 73.1 cm³/mol. The molecule has 0 amide bonds. The quantitative estimate of drug-likeness (QED) is 0.660. The third kappa shape index (κ3) is 3.29. The molecule has 19 heavy (non-hydrogen) atoms. The molecule has 0 atom stereocenters. The molecule has 0 spiro atoms. The van der Waals surface area contributed by atoms with Crippen molar-refractivity contribution in [1.29, 1.82) is 0 Å². The maximum absolute atomic E-state index is 10.8. The molecule has 0 aliphatic rings. The lowest BCUT2D eigenvalue weighted by atomic mass is 10.1. The summed E-state index contributed by atoms with van der Waals surface area (Å²) >= 11 is 0. The Bertz CT molecular complexity index is 584. The number of benzene rings is 2. The Morgan fingerprint density at radius 1 is 1.11 bits per heavy atom. The zero-order valence-corrected chi connectivity index (χ0v) is 10.3. The number of nitrogens with two attached hydrogens (primary N) is 1. The van der Waals surface area contributed by atoms with E-state index in [-0.39, 0.29) is 5.69 Å². The zero-order valence-electron chi connectivity index (χ0n) is 10.3. The van der Waals surface area contributed by atoms with E-state index in [9.17, 15) is 10.1 Å². The van der Waals surface area contributed by atoms with Crippen LogP contribution in [0.15, 0.2) is 48.5 Å². The average molecular weight is 258 g/mol. The molecule has 2 rings (SSSR count). The highest BCUT2D eigenvalue weighted by Crippen LogP contribution is 2.26. The fraction of sp³-hybridized carbons (Fsp3) is 0.143. The van der Waals surface area contributed by atoms with Crippen LogP contribution in [0.5, 0.6) is 5.75 Å². The lowest BCUT2D eigenvalue weighted by molar-refractivity contribution is -0.384. The second kappa shape index (κ2) is 5.97. The summed E-state index contributed by atoms with van der Waals surface area (Å²) in [4.78, 5) is 10.4. The van der Waals surface area contributed by atoms with E-state index in [4.69, 9.17) is 10.5 Å². The minimum atomic E-state index is -0.404. The van der Waals surface area contributed by atoms with Gasteiger partial charge in [0.15, 0.2) is 0 Å².